The normalized spacial score (nSPS) is 24.2. The second-order valence-corrected chi connectivity index (χ2v) is 6.91. The van der Waals surface area contributed by atoms with E-state index in [2.05, 4.69) is 58.1 Å². The van der Waals surface area contributed by atoms with E-state index in [0.29, 0.717) is 17.5 Å². The van der Waals surface area contributed by atoms with Crippen molar-refractivity contribution < 1.29 is 0 Å². The first-order valence-corrected chi connectivity index (χ1v) is 7.20. The molecule has 0 heterocycles. The van der Waals surface area contributed by atoms with Gasteiger partial charge in [0.05, 0.1) is 0 Å². The number of nitrogens with one attached hydrogen (secondary N) is 1. The minimum atomic E-state index is 0.461. The van der Waals surface area contributed by atoms with Crippen LogP contribution in [0.25, 0.3) is 0 Å². The monoisotopic (exact) mass is 245 g/mol. The lowest BCUT2D eigenvalue weighted by molar-refractivity contribution is 0.356. The Morgan fingerprint density at radius 3 is 2.28 bits per heavy atom. The number of hydrogen-bond acceptors (Lipinski definition) is 1. The molecular formula is C17H27N. The first kappa shape index (κ1) is 13.6. The van der Waals surface area contributed by atoms with Crippen molar-refractivity contribution in [3.05, 3.63) is 34.9 Å². The molecule has 1 aromatic carbocycles. The number of aryl methyl sites for hydroxylation is 2. The lowest BCUT2D eigenvalue weighted by Gasteiger charge is -2.22. The summed E-state index contributed by atoms with van der Waals surface area (Å²) >= 11 is 0. The Bertz CT molecular complexity index is 399. The van der Waals surface area contributed by atoms with Crippen LogP contribution in [-0.4, -0.2) is 6.04 Å². The molecule has 2 unspecified atom stereocenters. The van der Waals surface area contributed by atoms with Crippen molar-refractivity contribution in [3.8, 4) is 0 Å². The molecule has 2 rings (SSSR count). The topological polar surface area (TPSA) is 12.0 Å². The first-order chi connectivity index (χ1) is 8.35. The van der Waals surface area contributed by atoms with E-state index in [9.17, 15) is 0 Å². The van der Waals surface area contributed by atoms with E-state index in [0.717, 1.165) is 0 Å². The summed E-state index contributed by atoms with van der Waals surface area (Å²) in [7, 11) is 0. The molecule has 1 heteroatoms. The molecule has 1 aromatic rings. The number of rotatable bonds is 3. The first-order valence-electron chi connectivity index (χ1n) is 7.20. The molecule has 0 bridgehead atoms. The largest absolute Gasteiger partial charge is 0.307 e. The molecule has 2 atom stereocenters. The van der Waals surface area contributed by atoms with Crippen LogP contribution in [0.1, 0.15) is 62.8 Å². The molecular weight excluding hydrogens is 218 g/mol. The highest BCUT2D eigenvalue weighted by atomic mass is 15.0. The average Bonchev–Trinajstić information content (AvgIpc) is 2.56. The fraction of sp³-hybridized carbons (Fsp3) is 0.647. The Morgan fingerprint density at radius 2 is 1.78 bits per heavy atom. The van der Waals surface area contributed by atoms with Crippen molar-refractivity contribution in [1.82, 2.24) is 5.32 Å². The third-order valence-electron chi connectivity index (χ3n) is 4.20. The van der Waals surface area contributed by atoms with Gasteiger partial charge in [0, 0.05) is 12.1 Å². The van der Waals surface area contributed by atoms with Crippen molar-refractivity contribution in [1.29, 1.82) is 0 Å². The molecule has 0 saturated heterocycles. The Labute approximate surface area is 112 Å². The molecule has 100 valence electrons. The minimum Gasteiger partial charge on any atom is -0.307 e. The predicted molar refractivity (Wildman–Crippen MR) is 78.9 cm³/mol. The maximum Gasteiger partial charge on any atom is 0.0294 e. The van der Waals surface area contributed by atoms with Crippen LogP contribution in [-0.2, 0) is 0 Å². The Kier molecular flexibility index (Phi) is 3.82. The van der Waals surface area contributed by atoms with Crippen LogP contribution in [0.15, 0.2) is 18.2 Å². The van der Waals surface area contributed by atoms with Gasteiger partial charge in [0.2, 0.25) is 0 Å². The van der Waals surface area contributed by atoms with Gasteiger partial charge in [0.15, 0.2) is 0 Å². The fourth-order valence-electron chi connectivity index (χ4n) is 3.29. The third kappa shape index (κ3) is 3.35. The highest BCUT2D eigenvalue weighted by Crippen LogP contribution is 2.37. The summed E-state index contributed by atoms with van der Waals surface area (Å²) in [4.78, 5) is 0. The van der Waals surface area contributed by atoms with Gasteiger partial charge in [0.1, 0.15) is 0 Å². The molecule has 0 aromatic heterocycles. The van der Waals surface area contributed by atoms with Gasteiger partial charge >= 0.3 is 0 Å². The molecule has 1 nitrogen and oxygen atoms in total. The highest BCUT2D eigenvalue weighted by molar-refractivity contribution is 5.30. The smallest absolute Gasteiger partial charge is 0.0294 e. The summed E-state index contributed by atoms with van der Waals surface area (Å²) in [5.74, 6) is 0. The predicted octanol–water partition coefficient (Wildman–Crippen LogP) is 4.53. The van der Waals surface area contributed by atoms with Crippen LogP contribution >= 0.6 is 0 Å². The lowest BCUT2D eigenvalue weighted by atomic mass is 9.91. The second-order valence-electron chi connectivity index (χ2n) is 6.91. The van der Waals surface area contributed by atoms with Gasteiger partial charge < -0.3 is 5.32 Å². The molecule has 1 N–H and O–H groups in total. The van der Waals surface area contributed by atoms with Crippen LogP contribution in [0, 0.1) is 19.3 Å². The Hall–Kier alpha value is -0.820. The summed E-state index contributed by atoms with van der Waals surface area (Å²) in [6.45, 7) is 11.4. The van der Waals surface area contributed by atoms with Crippen LogP contribution in [0.5, 0.6) is 0 Å². The van der Waals surface area contributed by atoms with Gasteiger partial charge in [-0.1, -0.05) is 43.2 Å². The van der Waals surface area contributed by atoms with Crippen molar-refractivity contribution in [2.75, 3.05) is 0 Å². The maximum atomic E-state index is 3.81. The van der Waals surface area contributed by atoms with Gasteiger partial charge in [0.25, 0.3) is 0 Å². The van der Waals surface area contributed by atoms with Gasteiger partial charge in [-0.25, -0.2) is 0 Å². The molecule has 1 saturated carbocycles. The van der Waals surface area contributed by atoms with Gasteiger partial charge in [-0.15, -0.1) is 0 Å². The van der Waals surface area contributed by atoms with Crippen molar-refractivity contribution in [3.63, 3.8) is 0 Å². The van der Waals surface area contributed by atoms with E-state index in [4.69, 9.17) is 0 Å². The molecule has 1 fully saturated rings. The van der Waals surface area contributed by atoms with E-state index < -0.39 is 0 Å². The van der Waals surface area contributed by atoms with E-state index in [1.807, 2.05) is 0 Å². The van der Waals surface area contributed by atoms with Gasteiger partial charge in [-0.2, -0.15) is 0 Å². The Morgan fingerprint density at radius 1 is 1.17 bits per heavy atom. The third-order valence-corrected chi connectivity index (χ3v) is 4.20. The standard InChI is InChI=1S/C17H27N/c1-12-8-13(2)10-15(9-12)14(3)18-16-6-7-17(4,5)11-16/h8-10,14,16,18H,6-7,11H2,1-5H3. The SMILES string of the molecule is Cc1cc(C)cc(C(C)NC2CCC(C)(C)C2)c1. The second kappa shape index (κ2) is 5.05. The zero-order chi connectivity index (χ0) is 13.3. The number of benzene rings is 1. The molecule has 0 amide bonds. The summed E-state index contributed by atoms with van der Waals surface area (Å²) in [5.41, 5.74) is 4.69. The average molecular weight is 245 g/mol. The minimum absolute atomic E-state index is 0.461. The molecule has 0 radical (unpaired) electrons. The van der Waals surface area contributed by atoms with Crippen LogP contribution in [0.2, 0.25) is 0 Å². The molecule has 1 aliphatic carbocycles. The summed E-state index contributed by atoms with van der Waals surface area (Å²) < 4.78 is 0. The van der Waals surface area contributed by atoms with E-state index in [-0.39, 0.29) is 0 Å². The lowest BCUT2D eigenvalue weighted by Crippen LogP contribution is -2.30. The van der Waals surface area contributed by atoms with Crippen LogP contribution in [0.4, 0.5) is 0 Å². The quantitative estimate of drug-likeness (QED) is 0.825. The molecule has 0 aliphatic heterocycles. The summed E-state index contributed by atoms with van der Waals surface area (Å²) in [5, 5.41) is 3.81. The van der Waals surface area contributed by atoms with E-state index in [1.54, 1.807) is 0 Å². The van der Waals surface area contributed by atoms with E-state index in [1.165, 1.54) is 36.0 Å². The van der Waals surface area contributed by atoms with E-state index >= 15 is 0 Å². The Balaban J connectivity index is 2.01. The maximum absolute atomic E-state index is 3.81. The zero-order valence-electron chi connectivity index (χ0n) is 12.5. The fourth-order valence-corrected chi connectivity index (χ4v) is 3.29. The molecule has 1 aliphatic rings. The zero-order valence-corrected chi connectivity index (χ0v) is 12.5. The molecule has 0 spiro atoms. The van der Waals surface area contributed by atoms with Crippen LogP contribution in [0.3, 0.4) is 0 Å². The molecule has 18 heavy (non-hydrogen) atoms. The summed E-state index contributed by atoms with van der Waals surface area (Å²) in [6, 6.07) is 8.02. The van der Waals surface area contributed by atoms with Crippen molar-refractivity contribution in [2.24, 2.45) is 5.41 Å². The van der Waals surface area contributed by atoms with Gasteiger partial charge in [-0.05, 0) is 51.0 Å². The van der Waals surface area contributed by atoms with Crippen LogP contribution < -0.4 is 5.32 Å². The van der Waals surface area contributed by atoms with Crippen molar-refractivity contribution in [2.45, 2.75) is 66.0 Å². The van der Waals surface area contributed by atoms with Crippen molar-refractivity contribution >= 4 is 0 Å². The van der Waals surface area contributed by atoms with Gasteiger partial charge in [-0.3, -0.25) is 0 Å². The number of hydrogen-bond donors (Lipinski definition) is 1. The highest BCUT2D eigenvalue weighted by Gasteiger charge is 2.31. The summed E-state index contributed by atoms with van der Waals surface area (Å²) in [6.07, 6.45) is 3.98.